The van der Waals surface area contributed by atoms with E-state index < -0.39 is 22.6 Å². The van der Waals surface area contributed by atoms with Gasteiger partial charge in [0.05, 0.1) is 15.4 Å². The van der Waals surface area contributed by atoms with Crippen molar-refractivity contribution in [2.24, 2.45) is 0 Å². The van der Waals surface area contributed by atoms with Crippen molar-refractivity contribution >= 4 is 23.4 Å². The number of thioether (sulfide) groups is 1. The second-order valence-electron chi connectivity index (χ2n) is 5.02. The Morgan fingerprint density at radius 2 is 1.84 bits per heavy atom. The molecule has 2 aromatic carbocycles. The molecule has 0 atom stereocenters. The predicted molar refractivity (Wildman–Crippen MR) is 87.5 cm³/mol. The highest BCUT2D eigenvalue weighted by molar-refractivity contribution is 7.98. The third-order valence-electron chi connectivity index (χ3n) is 3.37. The van der Waals surface area contributed by atoms with E-state index in [-0.39, 0.29) is 17.8 Å². The molecule has 0 aliphatic rings. The molecule has 0 aliphatic carbocycles. The van der Waals surface area contributed by atoms with Crippen LogP contribution in [0.5, 0.6) is 0 Å². The molecule has 0 saturated heterocycles. The molecule has 2 aromatic rings. The van der Waals surface area contributed by atoms with Gasteiger partial charge in [0, 0.05) is 18.2 Å². The maximum absolute atomic E-state index is 12.5. The van der Waals surface area contributed by atoms with Crippen molar-refractivity contribution < 1.29 is 22.9 Å². The number of rotatable bonds is 5. The van der Waals surface area contributed by atoms with Gasteiger partial charge in [0.25, 0.3) is 11.6 Å². The van der Waals surface area contributed by atoms with E-state index in [1.54, 1.807) is 6.26 Å². The van der Waals surface area contributed by atoms with Gasteiger partial charge >= 0.3 is 6.18 Å². The zero-order valence-corrected chi connectivity index (χ0v) is 13.8. The number of benzene rings is 2. The monoisotopic (exact) mass is 370 g/mol. The summed E-state index contributed by atoms with van der Waals surface area (Å²) in [6.45, 7) is 0.00898. The molecule has 132 valence electrons. The maximum Gasteiger partial charge on any atom is 0.416 e. The van der Waals surface area contributed by atoms with E-state index in [0.717, 1.165) is 12.1 Å². The first kappa shape index (κ1) is 18.8. The average Bonchev–Trinajstić information content (AvgIpc) is 2.58. The number of alkyl halides is 3. The number of nitrogens with one attached hydrogen (secondary N) is 1. The van der Waals surface area contributed by atoms with E-state index in [0.29, 0.717) is 10.5 Å². The van der Waals surface area contributed by atoms with Crippen LogP contribution in [0.4, 0.5) is 18.9 Å². The van der Waals surface area contributed by atoms with Crippen LogP contribution in [0.15, 0.2) is 47.4 Å². The van der Waals surface area contributed by atoms with Gasteiger partial charge in [0.2, 0.25) is 0 Å². The molecule has 25 heavy (non-hydrogen) atoms. The van der Waals surface area contributed by atoms with Crippen molar-refractivity contribution in [2.75, 3.05) is 6.26 Å². The molecule has 5 nitrogen and oxygen atoms in total. The van der Waals surface area contributed by atoms with Crippen LogP contribution < -0.4 is 5.32 Å². The highest BCUT2D eigenvalue weighted by Crippen LogP contribution is 2.29. The van der Waals surface area contributed by atoms with Gasteiger partial charge in [-0.2, -0.15) is 13.2 Å². The number of nitro benzene ring substituents is 1. The van der Waals surface area contributed by atoms with E-state index >= 15 is 0 Å². The number of nitro groups is 1. The van der Waals surface area contributed by atoms with Crippen molar-refractivity contribution in [2.45, 2.75) is 17.6 Å². The first-order valence-electron chi connectivity index (χ1n) is 6.99. The predicted octanol–water partition coefficient (Wildman–Crippen LogP) is 4.27. The van der Waals surface area contributed by atoms with E-state index in [1.807, 2.05) is 0 Å². The minimum atomic E-state index is -4.42. The molecule has 0 radical (unpaired) electrons. The van der Waals surface area contributed by atoms with Crippen LogP contribution in [0.25, 0.3) is 0 Å². The molecule has 0 bridgehead atoms. The topological polar surface area (TPSA) is 72.2 Å². The van der Waals surface area contributed by atoms with Gasteiger partial charge in [0.1, 0.15) is 0 Å². The summed E-state index contributed by atoms with van der Waals surface area (Å²) in [5, 5.41) is 13.5. The molecule has 2 rings (SSSR count). The lowest BCUT2D eigenvalue weighted by atomic mass is 10.1. The second-order valence-corrected chi connectivity index (χ2v) is 5.87. The number of carbonyl (C=O) groups excluding carboxylic acids is 1. The Balaban J connectivity index is 2.07. The maximum atomic E-state index is 12.5. The normalized spacial score (nSPS) is 11.2. The lowest BCUT2D eigenvalue weighted by Gasteiger charge is -2.09. The van der Waals surface area contributed by atoms with Crippen LogP contribution >= 0.6 is 11.8 Å². The fourth-order valence-corrected chi connectivity index (χ4v) is 2.62. The van der Waals surface area contributed by atoms with Crippen molar-refractivity contribution in [3.8, 4) is 0 Å². The Kier molecular flexibility index (Phi) is 5.68. The molecule has 9 heteroatoms. The van der Waals surface area contributed by atoms with Crippen LogP contribution in [0, 0.1) is 10.1 Å². The number of hydrogen-bond donors (Lipinski definition) is 1. The Morgan fingerprint density at radius 3 is 2.36 bits per heavy atom. The highest BCUT2D eigenvalue weighted by atomic mass is 32.2. The molecular weight excluding hydrogens is 357 g/mol. The van der Waals surface area contributed by atoms with E-state index in [9.17, 15) is 28.1 Å². The third-order valence-corrected chi connectivity index (χ3v) is 4.16. The second kappa shape index (κ2) is 7.56. The summed E-state index contributed by atoms with van der Waals surface area (Å²) in [6, 6.07) is 8.51. The molecule has 1 amide bonds. The van der Waals surface area contributed by atoms with Crippen molar-refractivity contribution in [1.82, 2.24) is 5.32 Å². The van der Waals surface area contributed by atoms with Crippen molar-refractivity contribution in [3.63, 3.8) is 0 Å². The zero-order chi connectivity index (χ0) is 18.6. The minimum Gasteiger partial charge on any atom is -0.348 e. The van der Waals surface area contributed by atoms with Crippen molar-refractivity contribution in [3.05, 3.63) is 69.3 Å². The SMILES string of the molecule is CSc1ccc(C(=O)NCc2ccc(C(F)(F)F)cc2)cc1[N+](=O)[O-]. The molecule has 0 aliphatic heterocycles. The van der Waals surface area contributed by atoms with Gasteiger partial charge in [-0.3, -0.25) is 14.9 Å². The average molecular weight is 370 g/mol. The summed E-state index contributed by atoms with van der Waals surface area (Å²) in [7, 11) is 0. The lowest BCUT2D eigenvalue weighted by molar-refractivity contribution is -0.387. The van der Waals surface area contributed by atoms with E-state index in [1.165, 1.54) is 42.1 Å². The molecule has 0 heterocycles. The number of carbonyl (C=O) groups is 1. The third kappa shape index (κ3) is 4.72. The zero-order valence-electron chi connectivity index (χ0n) is 13.0. The molecule has 0 unspecified atom stereocenters. The van der Waals surface area contributed by atoms with Gasteiger partial charge < -0.3 is 5.32 Å². The molecule has 0 aromatic heterocycles. The minimum absolute atomic E-state index is 0.00898. The first-order valence-corrected chi connectivity index (χ1v) is 8.21. The summed E-state index contributed by atoms with van der Waals surface area (Å²) in [5.74, 6) is -0.546. The first-order chi connectivity index (χ1) is 11.7. The van der Waals surface area contributed by atoms with Crippen molar-refractivity contribution in [1.29, 1.82) is 0 Å². The van der Waals surface area contributed by atoms with Crippen LogP contribution in [0.3, 0.4) is 0 Å². The molecule has 0 saturated carbocycles. The smallest absolute Gasteiger partial charge is 0.348 e. The van der Waals surface area contributed by atoms with Crippen LogP contribution in [-0.2, 0) is 12.7 Å². The van der Waals surface area contributed by atoms with Gasteiger partial charge in [-0.05, 0) is 36.1 Å². The number of amides is 1. The standard InChI is InChI=1S/C16H13F3N2O3S/c1-25-14-7-4-11(8-13(14)21(23)24)15(22)20-9-10-2-5-12(6-3-10)16(17,18)19/h2-8H,9H2,1H3,(H,20,22). The fraction of sp³-hybridized carbons (Fsp3) is 0.188. The van der Waals surface area contributed by atoms with E-state index in [2.05, 4.69) is 5.32 Å². The van der Waals surface area contributed by atoms with Crippen LogP contribution in [0.1, 0.15) is 21.5 Å². The molecule has 0 spiro atoms. The summed E-state index contributed by atoms with van der Waals surface area (Å²) in [6.07, 6.45) is -2.73. The Hall–Kier alpha value is -2.55. The van der Waals surface area contributed by atoms with Gasteiger partial charge in [0.15, 0.2) is 0 Å². The van der Waals surface area contributed by atoms with Gasteiger partial charge in [-0.15, -0.1) is 11.8 Å². The largest absolute Gasteiger partial charge is 0.416 e. The van der Waals surface area contributed by atoms with Gasteiger partial charge in [-0.25, -0.2) is 0 Å². The number of nitrogens with zero attached hydrogens (tertiary/aromatic N) is 1. The van der Waals surface area contributed by atoms with E-state index in [4.69, 9.17) is 0 Å². The summed E-state index contributed by atoms with van der Waals surface area (Å²) in [5.41, 5.74) is -0.353. The molecular formula is C16H13F3N2O3S. The number of halogens is 3. The molecule has 1 N–H and O–H groups in total. The fourth-order valence-electron chi connectivity index (χ4n) is 2.07. The Labute approximate surface area is 145 Å². The summed E-state index contributed by atoms with van der Waals surface area (Å²) in [4.78, 5) is 23.0. The number of hydrogen-bond acceptors (Lipinski definition) is 4. The Bertz CT molecular complexity index is 792. The van der Waals surface area contributed by atoms with Crippen LogP contribution in [-0.4, -0.2) is 17.1 Å². The lowest BCUT2D eigenvalue weighted by Crippen LogP contribution is -2.23. The summed E-state index contributed by atoms with van der Waals surface area (Å²) < 4.78 is 37.5. The van der Waals surface area contributed by atoms with Crippen LogP contribution in [0.2, 0.25) is 0 Å². The Morgan fingerprint density at radius 1 is 1.20 bits per heavy atom. The van der Waals surface area contributed by atoms with Gasteiger partial charge in [-0.1, -0.05) is 12.1 Å². The molecule has 0 fully saturated rings. The summed E-state index contributed by atoms with van der Waals surface area (Å²) >= 11 is 1.19. The highest BCUT2D eigenvalue weighted by Gasteiger charge is 2.29. The quantitative estimate of drug-likeness (QED) is 0.485.